The summed E-state index contributed by atoms with van der Waals surface area (Å²) in [5, 5.41) is 7.72. The molecule has 1 aromatic carbocycles. The lowest BCUT2D eigenvalue weighted by atomic mass is 10.2. The SMILES string of the molecule is Cc1ccc(NC(=O)[C@H](COCCO[Si](C)(C)C(C)(C)C)Oc2ncnc3c2cnn3-c2cccc(F)c2C)nc1. The molecule has 0 aliphatic rings. The van der Waals surface area contributed by atoms with E-state index in [9.17, 15) is 9.18 Å². The van der Waals surface area contributed by atoms with Crippen molar-refractivity contribution >= 4 is 31.1 Å². The highest BCUT2D eigenvalue weighted by atomic mass is 28.4. The van der Waals surface area contributed by atoms with Gasteiger partial charge in [-0.05, 0) is 55.7 Å². The summed E-state index contributed by atoms with van der Waals surface area (Å²) < 4.78 is 33.9. The van der Waals surface area contributed by atoms with E-state index in [1.807, 2.05) is 13.0 Å². The minimum Gasteiger partial charge on any atom is -0.461 e. The van der Waals surface area contributed by atoms with Crippen molar-refractivity contribution in [3.05, 3.63) is 66.0 Å². The number of rotatable bonds is 11. The van der Waals surface area contributed by atoms with E-state index in [0.717, 1.165) is 5.56 Å². The first-order valence-electron chi connectivity index (χ1n) is 13.4. The summed E-state index contributed by atoms with van der Waals surface area (Å²) in [6.07, 6.45) is 3.44. The third kappa shape index (κ3) is 7.13. The van der Waals surface area contributed by atoms with Crippen LogP contribution in [-0.4, -0.2) is 64.9 Å². The molecule has 218 valence electrons. The number of nitrogens with zero attached hydrogens (tertiary/aromatic N) is 5. The predicted octanol–water partition coefficient (Wildman–Crippen LogP) is 5.39. The van der Waals surface area contributed by atoms with Crippen LogP contribution in [-0.2, 0) is 14.0 Å². The van der Waals surface area contributed by atoms with Gasteiger partial charge in [0.2, 0.25) is 12.0 Å². The van der Waals surface area contributed by atoms with Crippen molar-refractivity contribution in [1.29, 1.82) is 0 Å². The molecule has 3 aromatic heterocycles. The van der Waals surface area contributed by atoms with E-state index in [1.165, 1.54) is 23.3 Å². The Morgan fingerprint density at radius 3 is 2.56 bits per heavy atom. The van der Waals surface area contributed by atoms with Crippen LogP contribution in [0.15, 0.2) is 49.1 Å². The number of hydrogen-bond donors (Lipinski definition) is 1. The van der Waals surface area contributed by atoms with Crippen LogP contribution in [0.2, 0.25) is 18.1 Å². The number of halogens is 1. The smallest absolute Gasteiger partial charge is 0.269 e. The van der Waals surface area contributed by atoms with Gasteiger partial charge >= 0.3 is 0 Å². The minimum absolute atomic E-state index is 0.0544. The van der Waals surface area contributed by atoms with Gasteiger partial charge in [0.1, 0.15) is 23.3 Å². The van der Waals surface area contributed by atoms with Gasteiger partial charge in [-0.25, -0.2) is 24.0 Å². The van der Waals surface area contributed by atoms with Crippen LogP contribution in [0.5, 0.6) is 5.88 Å². The molecule has 1 amide bonds. The summed E-state index contributed by atoms with van der Waals surface area (Å²) in [5.41, 5.74) is 2.34. The lowest BCUT2D eigenvalue weighted by molar-refractivity contribution is -0.125. The lowest BCUT2D eigenvalue weighted by Crippen LogP contribution is -2.42. The summed E-state index contributed by atoms with van der Waals surface area (Å²) in [5.74, 6) is -0.272. The Kier molecular flexibility index (Phi) is 9.15. The van der Waals surface area contributed by atoms with Crippen LogP contribution < -0.4 is 10.1 Å². The molecule has 0 aliphatic heterocycles. The third-order valence-electron chi connectivity index (χ3n) is 7.27. The predicted molar refractivity (Wildman–Crippen MR) is 157 cm³/mol. The zero-order valence-corrected chi connectivity index (χ0v) is 25.6. The van der Waals surface area contributed by atoms with Crippen LogP contribution in [0.3, 0.4) is 0 Å². The summed E-state index contributed by atoms with van der Waals surface area (Å²) in [6.45, 7) is 15.1. The molecule has 41 heavy (non-hydrogen) atoms. The molecule has 0 saturated carbocycles. The molecule has 0 bridgehead atoms. The Morgan fingerprint density at radius 1 is 1.07 bits per heavy atom. The number of carbonyl (C=O) groups is 1. The highest BCUT2D eigenvalue weighted by Gasteiger charge is 2.37. The average Bonchev–Trinajstić information content (AvgIpc) is 3.35. The zero-order valence-electron chi connectivity index (χ0n) is 24.6. The number of aryl methyl sites for hydroxylation is 1. The number of hydrogen-bond acceptors (Lipinski definition) is 8. The van der Waals surface area contributed by atoms with Gasteiger partial charge in [-0.3, -0.25) is 4.79 Å². The second-order valence-corrected chi connectivity index (χ2v) is 16.2. The number of amides is 1. The Balaban J connectivity index is 1.54. The number of ether oxygens (including phenoxy) is 2. The second kappa shape index (κ2) is 12.4. The number of aromatic nitrogens is 5. The van der Waals surface area contributed by atoms with Gasteiger partial charge in [-0.1, -0.05) is 32.9 Å². The Morgan fingerprint density at radius 2 is 1.85 bits per heavy atom. The zero-order chi connectivity index (χ0) is 29.8. The van der Waals surface area contributed by atoms with E-state index in [0.29, 0.717) is 41.3 Å². The molecule has 3 heterocycles. The lowest BCUT2D eigenvalue weighted by Gasteiger charge is -2.36. The molecule has 1 N–H and O–H groups in total. The second-order valence-electron chi connectivity index (χ2n) is 11.4. The van der Waals surface area contributed by atoms with Crippen molar-refractivity contribution in [2.75, 3.05) is 25.1 Å². The molecule has 4 aromatic rings. The van der Waals surface area contributed by atoms with Gasteiger partial charge in [0.15, 0.2) is 14.0 Å². The van der Waals surface area contributed by atoms with Crippen molar-refractivity contribution in [2.24, 2.45) is 0 Å². The van der Waals surface area contributed by atoms with Gasteiger partial charge in [-0.15, -0.1) is 0 Å². The fourth-order valence-electron chi connectivity index (χ4n) is 3.73. The molecule has 12 heteroatoms. The maximum Gasteiger partial charge on any atom is 0.269 e. The van der Waals surface area contributed by atoms with E-state index in [4.69, 9.17) is 13.9 Å². The molecule has 0 radical (unpaired) electrons. The summed E-state index contributed by atoms with van der Waals surface area (Å²) in [6, 6.07) is 8.31. The van der Waals surface area contributed by atoms with Gasteiger partial charge in [0.05, 0.1) is 31.7 Å². The maximum absolute atomic E-state index is 14.2. The monoisotopic (exact) mass is 580 g/mol. The molecule has 0 fully saturated rings. The Hall–Kier alpha value is -3.74. The number of benzene rings is 1. The van der Waals surface area contributed by atoms with Crippen LogP contribution >= 0.6 is 0 Å². The average molecular weight is 581 g/mol. The summed E-state index contributed by atoms with van der Waals surface area (Å²) >= 11 is 0. The standard InChI is InChI=1S/C29H37FN6O4Si/c1-19-11-12-25(31-15-19)35-27(37)24(17-38-13-14-39-41(6,7)29(3,4)5)40-28-21-16-34-36(26(21)32-18-33-28)23-10-8-9-22(30)20(23)2/h8-12,15-16,18,24H,13-14,17H2,1-7H3,(H,31,35,37)/t24-/m0/s1. The number of carbonyl (C=O) groups excluding carboxylic acids is 1. The first kappa shape index (κ1) is 30.2. The van der Waals surface area contributed by atoms with Crippen molar-refractivity contribution < 1.29 is 23.1 Å². The van der Waals surface area contributed by atoms with E-state index < -0.39 is 20.3 Å². The first-order valence-corrected chi connectivity index (χ1v) is 16.3. The van der Waals surface area contributed by atoms with E-state index in [2.05, 4.69) is 59.2 Å². The van der Waals surface area contributed by atoms with Gasteiger partial charge in [-0.2, -0.15) is 5.10 Å². The van der Waals surface area contributed by atoms with E-state index in [1.54, 1.807) is 31.3 Å². The Bertz CT molecular complexity index is 1500. The number of anilines is 1. The molecular weight excluding hydrogens is 543 g/mol. The van der Waals surface area contributed by atoms with Crippen molar-refractivity contribution in [3.8, 4) is 11.6 Å². The minimum atomic E-state index is -1.93. The van der Waals surface area contributed by atoms with Crippen LogP contribution in [0, 0.1) is 19.7 Å². The third-order valence-corrected chi connectivity index (χ3v) is 11.8. The summed E-state index contributed by atoms with van der Waals surface area (Å²) in [7, 11) is -1.93. The topological polar surface area (TPSA) is 113 Å². The van der Waals surface area contributed by atoms with Gasteiger partial charge in [0, 0.05) is 11.8 Å². The number of pyridine rings is 1. The molecule has 0 aliphatic carbocycles. The largest absolute Gasteiger partial charge is 0.461 e. The summed E-state index contributed by atoms with van der Waals surface area (Å²) in [4.78, 5) is 26.2. The van der Waals surface area contributed by atoms with Crippen LogP contribution in [0.4, 0.5) is 10.2 Å². The van der Waals surface area contributed by atoms with E-state index >= 15 is 0 Å². The number of fused-ring (bicyclic) bond motifs is 1. The molecule has 0 unspecified atom stereocenters. The molecule has 0 spiro atoms. The fourth-order valence-corrected chi connectivity index (χ4v) is 4.75. The fraction of sp³-hybridized carbons (Fsp3) is 0.414. The molecule has 10 nitrogen and oxygen atoms in total. The first-order chi connectivity index (χ1) is 19.4. The van der Waals surface area contributed by atoms with Crippen molar-refractivity contribution in [1.82, 2.24) is 24.7 Å². The van der Waals surface area contributed by atoms with Crippen molar-refractivity contribution in [2.45, 2.75) is 58.9 Å². The molecule has 1 atom stereocenters. The molecule has 4 rings (SSSR count). The maximum atomic E-state index is 14.2. The highest BCUT2D eigenvalue weighted by molar-refractivity contribution is 6.74. The normalized spacial score (nSPS) is 12.9. The van der Waals surface area contributed by atoms with Gasteiger partial charge in [0.25, 0.3) is 5.91 Å². The van der Waals surface area contributed by atoms with Gasteiger partial charge < -0.3 is 19.2 Å². The number of nitrogens with one attached hydrogen (secondary N) is 1. The highest BCUT2D eigenvalue weighted by Crippen LogP contribution is 2.36. The van der Waals surface area contributed by atoms with Crippen LogP contribution in [0.1, 0.15) is 31.9 Å². The molecule has 0 saturated heterocycles. The van der Waals surface area contributed by atoms with E-state index in [-0.39, 0.29) is 23.3 Å². The quantitative estimate of drug-likeness (QED) is 0.186. The van der Waals surface area contributed by atoms with Crippen LogP contribution in [0.25, 0.3) is 16.7 Å². The Labute approximate surface area is 240 Å². The van der Waals surface area contributed by atoms with Crippen molar-refractivity contribution in [3.63, 3.8) is 0 Å². The molecular formula is C29H37FN6O4Si.